The zero-order valence-corrected chi connectivity index (χ0v) is 10.2. The average Bonchev–Trinajstić information content (AvgIpc) is 2.24. The molecule has 0 amide bonds. The zero-order chi connectivity index (χ0) is 11.5. The van der Waals surface area contributed by atoms with Gasteiger partial charge in [0.05, 0.1) is 5.69 Å². The molecule has 2 rings (SSSR count). The fourth-order valence-electron chi connectivity index (χ4n) is 2.56. The van der Waals surface area contributed by atoms with E-state index in [4.69, 9.17) is 5.73 Å². The highest BCUT2D eigenvalue weighted by atomic mass is 15.2. The van der Waals surface area contributed by atoms with E-state index >= 15 is 0 Å². The van der Waals surface area contributed by atoms with Gasteiger partial charge < -0.3 is 5.73 Å². The Balaban J connectivity index is 2.07. The van der Waals surface area contributed by atoms with Crippen LogP contribution in [-0.4, -0.2) is 22.0 Å². The van der Waals surface area contributed by atoms with E-state index in [2.05, 4.69) is 23.7 Å². The lowest BCUT2D eigenvalue weighted by atomic mass is 9.97. The Bertz CT molecular complexity index is 341. The van der Waals surface area contributed by atoms with Crippen LogP contribution in [0, 0.1) is 0 Å². The van der Waals surface area contributed by atoms with Gasteiger partial charge in [0.1, 0.15) is 0 Å². The molecule has 1 fully saturated rings. The van der Waals surface area contributed by atoms with E-state index in [0.29, 0.717) is 12.1 Å². The lowest BCUT2D eigenvalue weighted by Gasteiger charge is -2.38. The molecule has 0 aliphatic carbocycles. The molecule has 1 aromatic rings. The van der Waals surface area contributed by atoms with Gasteiger partial charge in [-0.2, -0.15) is 0 Å². The van der Waals surface area contributed by atoms with Gasteiger partial charge in [0, 0.05) is 30.5 Å². The van der Waals surface area contributed by atoms with Crippen molar-refractivity contribution in [2.45, 2.75) is 51.7 Å². The van der Waals surface area contributed by atoms with Gasteiger partial charge >= 0.3 is 0 Å². The van der Waals surface area contributed by atoms with Gasteiger partial charge in [-0.3, -0.25) is 9.88 Å². The molecule has 0 radical (unpaired) electrons. The lowest BCUT2D eigenvalue weighted by Crippen LogP contribution is -2.43. The van der Waals surface area contributed by atoms with E-state index < -0.39 is 0 Å². The Morgan fingerprint density at radius 3 is 2.69 bits per heavy atom. The highest BCUT2D eigenvalue weighted by molar-refractivity contribution is 5.37. The topological polar surface area (TPSA) is 42.1 Å². The van der Waals surface area contributed by atoms with Crippen LogP contribution in [0.2, 0.25) is 0 Å². The van der Waals surface area contributed by atoms with Gasteiger partial charge in [-0.05, 0) is 38.8 Å². The van der Waals surface area contributed by atoms with Crippen molar-refractivity contribution >= 4 is 5.69 Å². The van der Waals surface area contributed by atoms with E-state index in [0.717, 1.165) is 17.9 Å². The van der Waals surface area contributed by atoms with E-state index in [1.54, 1.807) is 6.20 Å². The summed E-state index contributed by atoms with van der Waals surface area (Å²) in [5, 5.41) is 0. The maximum atomic E-state index is 5.77. The molecule has 88 valence electrons. The Labute approximate surface area is 97.7 Å². The first-order valence-electron chi connectivity index (χ1n) is 6.13. The van der Waals surface area contributed by atoms with Crippen LogP contribution in [0.3, 0.4) is 0 Å². The standard InChI is InChI=1S/C13H21N3/c1-10-4-3-5-11(2)16(10)9-13-8-12(14)6-7-15-13/h6-8,10-11H,3-5,9H2,1-2H3,(H2,14,15). The van der Waals surface area contributed by atoms with E-state index in [1.807, 2.05) is 12.1 Å². The summed E-state index contributed by atoms with van der Waals surface area (Å²) >= 11 is 0. The number of hydrogen-bond acceptors (Lipinski definition) is 3. The van der Waals surface area contributed by atoms with Crippen LogP contribution in [-0.2, 0) is 6.54 Å². The summed E-state index contributed by atoms with van der Waals surface area (Å²) in [5.74, 6) is 0. The molecule has 2 N–H and O–H groups in total. The number of likely N-dealkylation sites (tertiary alicyclic amines) is 1. The van der Waals surface area contributed by atoms with Gasteiger partial charge in [-0.15, -0.1) is 0 Å². The van der Waals surface area contributed by atoms with Crippen LogP contribution in [0.15, 0.2) is 18.3 Å². The normalized spacial score (nSPS) is 26.9. The molecule has 0 aromatic carbocycles. The maximum Gasteiger partial charge on any atom is 0.0564 e. The lowest BCUT2D eigenvalue weighted by molar-refractivity contribution is 0.0938. The maximum absolute atomic E-state index is 5.77. The molecular weight excluding hydrogens is 198 g/mol. The SMILES string of the molecule is CC1CCCC(C)N1Cc1cc(N)ccn1. The predicted octanol–water partition coefficient (Wildman–Crippen LogP) is 2.43. The third-order valence-corrected chi connectivity index (χ3v) is 3.56. The quantitative estimate of drug-likeness (QED) is 0.830. The first kappa shape index (κ1) is 11.4. The number of piperidine rings is 1. The summed E-state index contributed by atoms with van der Waals surface area (Å²) in [6.45, 7) is 5.54. The second kappa shape index (κ2) is 4.83. The molecule has 1 aliphatic heterocycles. The Morgan fingerprint density at radius 1 is 1.38 bits per heavy atom. The van der Waals surface area contributed by atoms with Crippen LogP contribution in [0.4, 0.5) is 5.69 Å². The molecule has 1 aromatic heterocycles. The summed E-state index contributed by atoms with van der Waals surface area (Å²) in [5.41, 5.74) is 7.67. The number of nitrogens with two attached hydrogens (primary N) is 1. The van der Waals surface area contributed by atoms with Gasteiger partial charge in [0.15, 0.2) is 0 Å². The smallest absolute Gasteiger partial charge is 0.0564 e. The minimum Gasteiger partial charge on any atom is -0.399 e. The Kier molecular flexibility index (Phi) is 3.44. The van der Waals surface area contributed by atoms with E-state index in [9.17, 15) is 0 Å². The van der Waals surface area contributed by atoms with Crippen molar-refractivity contribution in [1.29, 1.82) is 0 Å². The van der Waals surface area contributed by atoms with E-state index in [-0.39, 0.29) is 0 Å². The molecule has 2 heterocycles. The summed E-state index contributed by atoms with van der Waals surface area (Å²) in [6, 6.07) is 5.14. The minimum absolute atomic E-state index is 0.659. The second-order valence-corrected chi connectivity index (χ2v) is 4.88. The van der Waals surface area contributed by atoms with Crippen LogP contribution in [0.25, 0.3) is 0 Å². The van der Waals surface area contributed by atoms with Crippen molar-refractivity contribution in [1.82, 2.24) is 9.88 Å². The molecule has 16 heavy (non-hydrogen) atoms. The number of hydrogen-bond donors (Lipinski definition) is 1. The zero-order valence-electron chi connectivity index (χ0n) is 10.2. The third-order valence-electron chi connectivity index (χ3n) is 3.56. The molecule has 2 atom stereocenters. The Hall–Kier alpha value is -1.09. The molecule has 3 heteroatoms. The summed E-state index contributed by atoms with van der Waals surface area (Å²) < 4.78 is 0. The molecule has 1 saturated heterocycles. The number of aromatic nitrogens is 1. The van der Waals surface area contributed by atoms with Crippen LogP contribution < -0.4 is 5.73 Å². The fraction of sp³-hybridized carbons (Fsp3) is 0.615. The summed E-state index contributed by atoms with van der Waals surface area (Å²) in [7, 11) is 0. The first-order chi connectivity index (χ1) is 7.66. The van der Waals surface area contributed by atoms with Crippen LogP contribution >= 0.6 is 0 Å². The predicted molar refractivity (Wildman–Crippen MR) is 67.0 cm³/mol. The molecule has 2 unspecified atom stereocenters. The molecule has 0 spiro atoms. The van der Waals surface area contributed by atoms with Gasteiger partial charge in [0.2, 0.25) is 0 Å². The number of rotatable bonds is 2. The van der Waals surface area contributed by atoms with Crippen molar-refractivity contribution in [3.05, 3.63) is 24.0 Å². The van der Waals surface area contributed by atoms with Gasteiger partial charge in [-0.1, -0.05) is 6.42 Å². The van der Waals surface area contributed by atoms with Crippen molar-refractivity contribution < 1.29 is 0 Å². The van der Waals surface area contributed by atoms with Crippen LogP contribution in [0.5, 0.6) is 0 Å². The van der Waals surface area contributed by atoms with Gasteiger partial charge in [-0.25, -0.2) is 0 Å². The number of nitrogen functional groups attached to an aromatic ring is 1. The molecule has 1 aliphatic rings. The number of anilines is 1. The molecule has 0 saturated carbocycles. The number of nitrogens with zero attached hydrogens (tertiary/aromatic N) is 2. The van der Waals surface area contributed by atoms with Crippen molar-refractivity contribution in [3.63, 3.8) is 0 Å². The summed E-state index contributed by atoms with van der Waals surface area (Å²) in [4.78, 5) is 6.91. The third kappa shape index (κ3) is 2.53. The number of pyridine rings is 1. The Morgan fingerprint density at radius 2 is 2.06 bits per heavy atom. The largest absolute Gasteiger partial charge is 0.399 e. The van der Waals surface area contributed by atoms with E-state index in [1.165, 1.54) is 19.3 Å². The molecular formula is C13H21N3. The first-order valence-corrected chi connectivity index (χ1v) is 6.13. The van der Waals surface area contributed by atoms with Gasteiger partial charge in [0.25, 0.3) is 0 Å². The van der Waals surface area contributed by atoms with Crippen molar-refractivity contribution in [2.75, 3.05) is 5.73 Å². The van der Waals surface area contributed by atoms with Crippen molar-refractivity contribution in [3.8, 4) is 0 Å². The highest BCUT2D eigenvalue weighted by Gasteiger charge is 2.24. The average molecular weight is 219 g/mol. The monoisotopic (exact) mass is 219 g/mol. The molecule has 3 nitrogen and oxygen atoms in total. The van der Waals surface area contributed by atoms with Crippen LogP contribution in [0.1, 0.15) is 38.8 Å². The van der Waals surface area contributed by atoms with Crippen molar-refractivity contribution in [2.24, 2.45) is 0 Å². The second-order valence-electron chi connectivity index (χ2n) is 4.88. The minimum atomic E-state index is 0.659. The fourth-order valence-corrected chi connectivity index (χ4v) is 2.56. The highest BCUT2D eigenvalue weighted by Crippen LogP contribution is 2.24. The summed E-state index contributed by atoms with van der Waals surface area (Å²) in [6.07, 6.45) is 5.74. The molecule has 0 bridgehead atoms.